The molecule has 1 saturated heterocycles. The summed E-state index contributed by atoms with van der Waals surface area (Å²) < 4.78 is 0. The van der Waals surface area contributed by atoms with Crippen LogP contribution in [-0.2, 0) is 6.42 Å². The van der Waals surface area contributed by atoms with E-state index in [0.717, 1.165) is 24.8 Å². The van der Waals surface area contributed by atoms with Gasteiger partial charge in [-0.25, -0.2) is 9.97 Å². The molecule has 1 aliphatic rings. The first-order valence-corrected chi connectivity index (χ1v) is 7.45. The molecule has 1 aromatic heterocycles. The number of halogens is 1. The lowest BCUT2D eigenvalue weighted by atomic mass is 9.90. The van der Waals surface area contributed by atoms with Gasteiger partial charge >= 0.3 is 0 Å². The Morgan fingerprint density at radius 2 is 1.85 bits per heavy atom. The van der Waals surface area contributed by atoms with Crippen molar-refractivity contribution in [2.75, 3.05) is 18.0 Å². The van der Waals surface area contributed by atoms with Crippen LogP contribution in [-0.4, -0.2) is 23.1 Å². The van der Waals surface area contributed by atoms with E-state index in [-0.39, 0.29) is 0 Å². The molecule has 104 valence electrons. The average molecular weight is 288 g/mol. The first-order chi connectivity index (χ1) is 9.81. The zero-order valence-electron chi connectivity index (χ0n) is 11.4. The highest BCUT2D eigenvalue weighted by atomic mass is 35.5. The summed E-state index contributed by atoms with van der Waals surface area (Å²) in [5.41, 5.74) is 1.44. The number of piperidine rings is 1. The number of hydrogen-bond acceptors (Lipinski definition) is 3. The van der Waals surface area contributed by atoms with Crippen molar-refractivity contribution in [3.8, 4) is 0 Å². The van der Waals surface area contributed by atoms with E-state index in [9.17, 15) is 0 Å². The predicted molar refractivity (Wildman–Crippen MR) is 82.1 cm³/mol. The molecule has 0 saturated carbocycles. The molecule has 0 N–H and O–H groups in total. The standard InChI is InChI=1S/C16H18ClN3/c17-15-11-16(19-12-18-15)20-8-6-14(7-9-20)10-13-4-2-1-3-5-13/h1-5,11-12,14H,6-10H2. The number of nitrogens with zero attached hydrogens (tertiary/aromatic N) is 3. The van der Waals surface area contributed by atoms with E-state index in [1.165, 1.54) is 31.2 Å². The fraction of sp³-hybridized carbons (Fsp3) is 0.375. The summed E-state index contributed by atoms with van der Waals surface area (Å²) in [6, 6.07) is 12.6. The maximum absolute atomic E-state index is 5.92. The minimum Gasteiger partial charge on any atom is -0.356 e. The molecule has 0 spiro atoms. The van der Waals surface area contributed by atoms with Crippen molar-refractivity contribution < 1.29 is 0 Å². The van der Waals surface area contributed by atoms with Crippen LogP contribution in [0, 0.1) is 5.92 Å². The molecule has 1 aromatic carbocycles. The molecule has 0 unspecified atom stereocenters. The van der Waals surface area contributed by atoms with Gasteiger partial charge in [0.05, 0.1) is 0 Å². The number of hydrogen-bond donors (Lipinski definition) is 0. The summed E-state index contributed by atoms with van der Waals surface area (Å²) in [6.07, 6.45) is 5.12. The second kappa shape index (κ2) is 6.23. The lowest BCUT2D eigenvalue weighted by Crippen LogP contribution is -2.34. The first kappa shape index (κ1) is 13.4. The second-order valence-corrected chi connectivity index (χ2v) is 5.71. The quantitative estimate of drug-likeness (QED) is 0.808. The van der Waals surface area contributed by atoms with Gasteiger partial charge in [0.1, 0.15) is 17.3 Å². The molecule has 1 fully saturated rings. The maximum atomic E-state index is 5.92. The predicted octanol–water partition coefficient (Wildman–Crippen LogP) is 3.59. The fourth-order valence-corrected chi connectivity index (χ4v) is 2.95. The second-order valence-electron chi connectivity index (χ2n) is 5.32. The van der Waals surface area contributed by atoms with E-state index < -0.39 is 0 Å². The van der Waals surface area contributed by atoms with Crippen molar-refractivity contribution in [3.63, 3.8) is 0 Å². The fourth-order valence-electron chi connectivity index (χ4n) is 2.81. The van der Waals surface area contributed by atoms with Crippen molar-refractivity contribution in [3.05, 3.63) is 53.4 Å². The number of rotatable bonds is 3. The van der Waals surface area contributed by atoms with Crippen molar-refractivity contribution in [2.45, 2.75) is 19.3 Å². The highest BCUT2D eigenvalue weighted by molar-refractivity contribution is 6.29. The number of aromatic nitrogens is 2. The Morgan fingerprint density at radius 1 is 1.10 bits per heavy atom. The van der Waals surface area contributed by atoms with Gasteiger partial charge in [-0.05, 0) is 30.7 Å². The number of benzene rings is 1. The van der Waals surface area contributed by atoms with Crippen LogP contribution in [0.15, 0.2) is 42.7 Å². The van der Waals surface area contributed by atoms with Crippen molar-refractivity contribution in [1.29, 1.82) is 0 Å². The lowest BCUT2D eigenvalue weighted by Gasteiger charge is -2.32. The summed E-state index contributed by atoms with van der Waals surface area (Å²) in [5.74, 6) is 1.72. The molecule has 2 heterocycles. The van der Waals surface area contributed by atoms with Gasteiger partial charge in [0.2, 0.25) is 0 Å². The summed E-state index contributed by atoms with van der Waals surface area (Å²) in [5, 5.41) is 0.515. The lowest BCUT2D eigenvalue weighted by molar-refractivity contribution is 0.402. The van der Waals surface area contributed by atoms with Crippen LogP contribution in [0.3, 0.4) is 0 Å². The monoisotopic (exact) mass is 287 g/mol. The van der Waals surface area contributed by atoms with Gasteiger partial charge < -0.3 is 4.90 Å². The molecule has 0 atom stereocenters. The van der Waals surface area contributed by atoms with E-state index in [2.05, 4.69) is 45.2 Å². The molecular formula is C16H18ClN3. The van der Waals surface area contributed by atoms with Crippen molar-refractivity contribution >= 4 is 17.4 Å². The Morgan fingerprint density at radius 3 is 2.55 bits per heavy atom. The van der Waals surface area contributed by atoms with Gasteiger partial charge in [0, 0.05) is 19.2 Å². The third-order valence-corrected chi connectivity index (χ3v) is 4.13. The van der Waals surface area contributed by atoms with Gasteiger partial charge in [-0.2, -0.15) is 0 Å². The van der Waals surface area contributed by atoms with Crippen LogP contribution < -0.4 is 4.90 Å². The molecule has 0 aliphatic carbocycles. The van der Waals surface area contributed by atoms with Gasteiger partial charge in [-0.15, -0.1) is 0 Å². The Kier molecular flexibility index (Phi) is 4.16. The third-order valence-electron chi connectivity index (χ3n) is 3.93. The minimum absolute atomic E-state index is 0.515. The van der Waals surface area contributed by atoms with Gasteiger partial charge in [-0.1, -0.05) is 41.9 Å². The zero-order valence-corrected chi connectivity index (χ0v) is 12.1. The van der Waals surface area contributed by atoms with Gasteiger partial charge in [0.25, 0.3) is 0 Å². The summed E-state index contributed by atoms with van der Waals surface area (Å²) in [6.45, 7) is 2.09. The van der Waals surface area contributed by atoms with Gasteiger partial charge in [0.15, 0.2) is 0 Å². The minimum atomic E-state index is 0.515. The molecule has 1 aliphatic heterocycles. The van der Waals surface area contributed by atoms with Crippen LogP contribution in [0.4, 0.5) is 5.82 Å². The first-order valence-electron chi connectivity index (χ1n) is 7.07. The highest BCUT2D eigenvalue weighted by Gasteiger charge is 2.20. The van der Waals surface area contributed by atoms with E-state index >= 15 is 0 Å². The Labute approximate surface area is 124 Å². The molecule has 3 nitrogen and oxygen atoms in total. The van der Waals surface area contributed by atoms with Crippen LogP contribution in [0.5, 0.6) is 0 Å². The Balaban J connectivity index is 1.57. The molecule has 2 aromatic rings. The zero-order chi connectivity index (χ0) is 13.8. The molecule has 3 rings (SSSR count). The Hall–Kier alpha value is -1.61. The third kappa shape index (κ3) is 3.28. The molecular weight excluding hydrogens is 270 g/mol. The maximum Gasteiger partial charge on any atom is 0.134 e. The van der Waals surface area contributed by atoms with E-state index in [0.29, 0.717) is 5.15 Å². The molecule has 0 radical (unpaired) electrons. The summed E-state index contributed by atoms with van der Waals surface area (Å²) >= 11 is 5.92. The van der Waals surface area contributed by atoms with Crippen molar-refractivity contribution in [2.24, 2.45) is 5.92 Å². The van der Waals surface area contributed by atoms with Gasteiger partial charge in [-0.3, -0.25) is 0 Å². The Bertz CT molecular complexity index is 551. The smallest absolute Gasteiger partial charge is 0.134 e. The SMILES string of the molecule is Clc1cc(N2CCC(Cc3ccccc3)CC2)ncn1. The van der Waals surface area contributed by atoms with E-state index in [4.69, 9.17) is 11.6 Å². The van der Waals surface area contributed by atoms with Crippen LogP contribution >= 0.6 is 11.6 Å². The molecule has 0 amide bonds. The summed E-state index contributed by atoms with van der Waals surface area (Å²) in [7, 11) is 0. The summed E-state index contributed by atoms with van der Waals surface area (Å²) in [4.78, 5) is 10.5. The van der Waals surface area contributed by atoms with Crippen molar-refractivity contribution in [1.82, 2.24) is 9.97 Å². The number of anilines is 1. The topological polar surface area (TPSA) is 29.0 Å². The molecule has 20 heavy (non-hydrogen) atoms. The largest absolute Gasteiger partial charge is 0.356 e. The average Bonchev–Trinajstić information content (AvgIpc) is 2.49. The normalized spacial score (nSPS) is 16.4. The van der Waals surface area contributed by atoms with Crippen LogP contribution in [0.25, 0.3) is 0 Å². The van der Waals surface area contributed by atoms with E-state index in [1.54, 1.807) is 0 Å². The molecule has 0 bridgehead atoms. The van der Waals surface area contributed by atoms with E-state index in [1.807, 2.05) is 6.07 Å². The van der Waals surface area contributed by atoms with Crippen LogP contribution in [0.1, 0.15) is 18.4 Å². The highest BCUT2D eigenvalue weighted by Crippen LogP contribution is 2.25. The van der Waals surface area contributed by atoms with Crippen LogP contribution in [0.2, 0.25) is 5.15 Å². The molecule has 4 heteroatoms.